The van der Waals surface area contributed by atoms with E-state index in [1.54, 1.807) is 0 Å². The Morgan fingerprint density at radius 3 is 0.756 bits per heavy atom. The molecule has 0 heterocycles. The van der Waals surface area contributed by atoms with Crippen molar-refractivity contribution in [3.63, 3.8) is 0 Å². The zero-order valence-corrected chi connectivity index (χ0v) is 52.5. The molecule has 0 aliphatic heterocycles. The van der Waals surface area contributed by atoms with Gasteiger partial charge in [-0.3, -0.25) is 14.4 Å². The van der Waals surface area contributed by atoms with Gasteiger partial charge >= 0.3 is 17.9 Å². The summed E-state index contributed by atoms with van der Waals surface area (Å²) in [5.41, 5.74) is 0. The van der Waals surface area contributed by atoms with Crippen molar-refractivity contribution < 1.29 is 28.6 Å². The van der Waals surface area contributed by atoms with Gasteiger partial charge in [0, 0.05) is 19.3 Å². The smallest absolute Gasteiger partial charge is 0.306 e. The van der Waals surface area contributed by atoms with Crippen molar-refractivity contribution in [2.45, 2.75) is 380 Å². The molecule has 0 fully saturated rings. The van der Waals surface area contributed by atoms with Crippen molar-refractivity contribution in [3.05, 3.63) is 48.6 Å². The molecule has 6 heteroatoms. The summed E-state index contributed by atoms with van der Waals surface area (Å²) in [6.07, 6.45) is 84.2. The van der Waals surface area contributed by atoms with Crippen LogP contribution in [0.4, 0.5) is 0 Å². The summed E-state index contributed by atoms with van der Waals surface area (Å²) in [7, 11) is 0. The maximum atomic E-state index is 12.9. The summed E-state index contributed by atoms with van der Waals surface area (Å²) in [6.45, 7) is 6.65. The molecule has 6 nitrogen and oxygen atoms in total. The molecule has 0 aliphatic rings. The average molecular weight is 1090 g/mol. The predicted octanol–water partition coefficient (Wildman–Crippen LogP) is 23.7. The molecule has 0 amide bonds. The number of rotatable bonds is 64. The van der Waals surface area contributed by atoms with Crippen LogP contribution in [0.15, 0.2) is 48.6 Å². The highest BCUT2D eigenvalue weighted by atomic mass is 16.6. The van der Waals surface area contributed by atoms with E-state index in [2.05, 4.69) is 69.4 Å². The lowest BCUT2D eigenvalue weighted by atomic mass is 10.0. The van der Waals surface area contributed by atoms with Crippen LogP contribution in [0.1, 0.15) is 374 Å². The monoisotopic (exact) mass is 1090 g/mol. The van der Waals surface area contributed by atoms with Crippen LogP contribution in [-0.4, -0.2) is 37.2 Å². The molecule has 0 aromatic carbocycles. The van der Waals surface area contributed by atoms with Crippen LogP contribution in [0.25, 0.3) is 0 Å². The Hall–Kier alpha value is -2.63. The Morgan fingerprint density at radius 1 is 0.256 bits per heavy atom. The highest BCUT2D eigenvalue weighted by Crippen LogP contribution is 2.18. The van der Waals surface area contributed by atoms with Gasteiger partial charge in [0.1, 0.15) is 13.2 Å². The van der Waals surface area contributed by atoms with Crippen molar-refractivity contribution in [1.82, 2.24) is 0 Å². The van der Waals surface area contributed by atoms with E-state index in [0.29, 0.717) is 19.3 Å². The van der Waals surface area contributed by atoms with Crippen molar-refractivity contribution in [3.8, 4) is 0 Å². The summed E-state index contributed by atoms with van der Waals surface area (Å²) in [5, 5.41) is 0. The first kappa shape index (κ1) is 75.4. The second-order valence-corrected chi connectivity index (χ2v) is 23.4. The van der Waals surface area contributed by atoms with E-state index in [1.807, 2.05) is 0 Å². The Balaban J connectivity index is 4.25. The molecule has 1 atom stereocenters. The minimum atomic E-state index is -0.783. The number of unbranched alkanes of at least 4 members (excludes halogenated alkanes) is 45. The van der Waals surface area contributed by atoms with Crippen molar-refractivity contribution >= 4 is 17.9 Å². The molecule has 0 saturated heterocycles. The Labute approximate surface area is 486 Å². The zero-order valence-electron chi connectivity index (χ0n) is 52.5. The molecule has 0 rings (SSSR count). The molecular formula is C72H132O6. The lowest BCUT2D eigenvalue weighted by Crippen LogP contribution is -2.30. The highest BCUT2D eigenvalue weighted by Gasteiger charge is 2.19. The van der Waals surface area contributed by atoms with Crippen LogP contribution >= 0.6 is 0 Å². The molecule has 0 saturated carbocycles. The third-order valence-electron chi connectivity index (χ3n) is 15.6. The third kappa shape index (κ3) is 64.2. The molecule has 0 bridgehead atoms. The highest BCUT2D eigenvalue weighted by molar-refractivity contribution is 5.71. The fourth-order valence-electron chi connectivity index (χ4n) is 10.3. The van der Waals surface area contributed by atoms with Gasteiger partial charge in [-0.15, -0.1) is 0 Å². The summed E-state index contributed by atoms with van der Waals surface area (Å²) in [5.74, 6) is -0.876. The fraction of sp³-hybridized carbons (Fsp3) is 0.847. The van der Waals surface area contributed by atoms with Gasteiger partial charge < -0.3 is 14.2 Å². The quantitative estimate of drug-likeness (QED) is 0.0261. The zero-order chi connectivity index (χ0) is 56.4. The number of allylic oxidation sites excluding steroid dienone is 8. The normalized spacial score (nSPS) is 12.3. The number of carbonyl (C=O) groups is 3. The maximum Gasteiger partial charge on any atom is 0.306 e. The van der Waals surface area contributed by atoms with Crippen molar-refractivity contribution in [2.75, 3.05) is 13.2 Å². The molecule has 0 aromatic heterocycles. The van der Waals surface area contributed by atoms with E-state index in [1.165, 1.54) is 244 Å². The summed E-state index contributed by atoms with van der Waals surface area (Å²) < 4.78 is 17.0. The minimum Gasteiger partial charge on any atom is -0.462 e. The van der Waals surface area contributed by atoms with E-state index >= 15 is 0 Å². The van der Waals surface area contributed by atoms with Gasteiger partial charge in [-0.1, -0.05) is 320 Å². The van der Waals surface area contributed by atoms with Gasteiger partial charge in [0.25, 0.3) is 0 Å². The fourth-order valence-corrected chi connectivity index (χ4v) is 10.3. The Kier molecular flexibility index (Phi) is 64.6. The Morgan fingerprint density at radius 2 is 0.462 bits per heavy atom. The molecule has 456 valence electrons. The van der Waals surface area contributed by atoms with E-state index in [-0.39, 0.29) is 31.1 Å². The molecule has 0 N–H and O–H groups in total. The van der Waals surface area contributed by atoms with Gasteiger partial charge in [0.15, 0.2) is 6.10 Å². The van der Waals surface area contributed by atoms with E-state index in [0.717, 1.165) is 89.9 Å². The second kappa shape index (κ2) is 66.9. The van der Waals surface area contributed by atoms with Crippen molar-refractivity contribution in [2.24, 2.45) is 0 Å². The van der Waals surface area contributed by atoms with E-state index < -0.39 is 6.10 Å². The van der Waals surface area contributed by atoms with Crippen LogP contribution in [-0.2, 0) is 28.6 Å². The van der Waals surface area contributed by atoms with Gasteiger partial charge in [-0.25, -0.2) is 0 Å². The van der Waals surface area contributed by atoms with Crippen molar-refractivity contribution in [1.29, 1.82) is 0 Å². The Bertz CT molecular complexity index is 1350. The first-order valence-electron chi connectivity index (χ1n) is 34.6. The molecule has 0 spiro atoms. The van der Waals surface area contributed by atoms with Crippen LogP contribution in [0, 0.1) is 0 Å². The molecule has 0 radical (unpaired) electrons. The topological polar surface area (TPSA) is 78.9 Å². The van der Waals surface area contributed by atoms with Gasteiger partial charge in [0.05, 0.1) is 0 Å². The summed E-state index contributed by atoms with van der Waals surface area (Å²) in [6, 6.07) is 0. The minimum absolute atomic E-state index is 0.0774. The molecule has 0 aliphatic carbocycles. The molecule has 78 heavy (non-hydrogen) atoms. The second-order valence-electron chi connectivity index (χ2n) is 23.4. The summed E-state index contributed by atoms with van der Waals surface area (Å²) >= 11 is 0. The lowest BCUT2D eigenvalue weighted by molar-refractivity contribution is -0.167. The van der Waals surface area contributed by atoms with Crippen LogP contribution in [0.3, 0.4) is 0 Å². The van der Waals surface area contributed by atoms with Crippen LogP contribution in [0.2, 0.25) is 0 Å². The van der Waals surface area contributed by atoms with Crippen LogP contribution in [0.5, 0.6) is 0 Å². The average Bonchev–Trinajstić information content (AvgIpc) is 3.44. The number of esters is 3. The van der Waals surface area contributed by atoms with E-state index in [4.69, 9.17) is 14.2 Å². The lowest BCUT2D eigenvalue weighted by Gasteiger charge is -2.18. The molecular weight excluding hydrogens is 961 g/mol. The van der Waals surface area contributed by atoms with Crippen LogP contribution < -0.4 is 0 Å². The van der Waals surface area contributed by atoms with Gasteiger partial charge in [-0.2, -0.15) is 0 Å². The van der Waals surface area contributed by atoms with Gasteiger partial charge in [0.2, 0.25) is 0 Å². The number of carbonyl (C=O) groups excluding carboxylic acids is 3. The standard InChI is InChI=1S/C72H132O6/c1-4-7-10-13-16-19-22-25-28-30-32-33-34-35-36-37-38-39-41-42-44-47-50-53-56-59-62-65-71(74)77-68-69(67-76-70(73)64-61-58-55-52-49-46-27-24-21-18-15-12-9-6-3)78-72(75)66-63-60-57-54-51-48-45-43-40-31-29-26-23-20-17-14-11-8-5-2/h17,20,24,26-27,29,40,43,69H,4-16,18-19,21-23,25,28,30-39,41-42,44-68H2,1-3H3/b20-17-,27-24-,29-26-,43-40-. The summed E-state index contributed by atoms with van der Waals surface area (Å²) in [4.78, 5) is 38.4. The number of hydrogen-bond acceptors (Lipinski definition) is 6. The SMILES string of the molecule is CCCCC/C=C\C/C=C\C/C=C\CCCCCCCCC(=O)OC(COC(=O)CCCCCCC/C=C\CCCCCCC)COC(=O)CCCCCCCCCCCCCCCCCCCCCCCCCCCCC. The first-order valence-corrected chi connectivity index (χ1v) is 34.6. The van der Waals surface area contributed by atoms with E-state index in [9.17, 15) is 14.4 Å². The molecule has 0 aromatic rings. The number of ether oxygens (including phenoxy) is 3. The number of hydrogen-bond donors (Lipinski definition) is 0. The predicted molar refractivity (Wildman–Crippen MR) is 339 cm³/mol. The first-order chi connectivity index (χ1) is 38.5. The maximum absolute atomic E-state index is 12.9. The molecule has 1 unspecified atom stereocenters. The third-order valence-corrected chi connectivity index (χ3v) is 15.6. The van der Waals surface area contributed by atoms with Gasteiger partial charge in [-0.05, 0) is 83.5 Å². The largest absolute Gasteiger partial charge is 0.462 e.